The third-order valence-corrected chi connectivity index (χ3v) is 4.05. The smallest absolute Gasteiger partial charge is 0.414 e. The molecule has 0 spiro atoms. The van der Waals surface area contributed by atoms with Crippen LogP contribution in [0.3, 0.4) is 0 Å². The minimum Gasteiger partial charge on any atom is -0.481 e. The number of carboxylic acid groups (broad SMARTS) is 1. The van der Waals surface area contributed by atoms with Gasteiger partial charge in [0, 0.05) is 51.3 Å². The Labute approximate surface area is 142 Å². The first kappa shape index (κ1) is 19.1. The van der Waals surface area contributed by atoms with Gasteiger partial charge in [-0.15, -0.1) is 12.4 Å². The summed E-state index contributed by atoms with van der Waals surface area (Å²) < 4.78 is 5.34. The minimum atomic E-state index is -0.774. The number of aliphatic carboxylic acids is 1. The second-order valence-electron chi connectivity index (χ2n) is 5.61. The van der Waals surface area contributed by atoms with Crippen LogP contribution < -0.4 is 9.64 Å². The van der Waals surface area contributed by atoms with Gasteiger partial charge in [0.25, 0.3) is 0 Å². The molecule has 0 radical (unpaired) electrons. The fourth-order valence-electron chi connectivity index (χ4n) is 2.64. The Morgan fingerprint density at radius 1 is 1.43 bits per heavy atom. The summed E-state index contributed by atoms with van der Waals surface area (Å²) in [6.07, 6.45) is 0.394. The largest absolute Gasteiger partial charge is 0.481 e. The maximum absolute atomic E-state index is 11.8. The van der Waals surface area contributed by atoms with Crippen molar-refractivity contribution in [3.8, 4) is 5.75 Å². The van der Waals surface area contributed by atoms with Gasteiger partial charge in [0.15, 0.2) is 0 Å². The molecular weight excluding hydrogens is 320 g/mol. The van der Waals surface area contributed by atoms with Crippen LogP contribution in [0.25, 0.3) is 0 Å². The fourth-order valence-corrected chi connectivity index (χ4v) is 2.64. The molecular formula is C16H23ClN2O4. The van der Waals surface area contributed by atoms with Gasteiger partial charge in [0.05, 0.1) is 0 Å². The Hall–Kier alpha value is -1.95. The molecule has 0 fully saturated rings. The number of anilines is 1. The van der Waals surface area contributed by atoms with E-state index >= 15 is 0 Å². The molecule has 0 aliphatic carbocycles. The molecule has 1 aliphatic rings. The Morgan fingerprint density at radius 3 is 2.74 bits per heavy atom. The molecule has 1 N–H and O–H groups in total. The van der Waals surface area contributed by atoms with Crippen LogP contribution in [0.2, 0.25) is 0 Å². The lowest BCUT2D eigenvalue weighted by atomic mass is 9.96. The number of benzene rings is 1. The monoisotopic (exact) mass is 342 g/mol. The van der Waals surface area contributed by atoms with Crippen molar-refractivity contribution in [3.05, 3.63) is 23.8 Å². The van der Waals surface area contributed by atoms with Crippen LogP contribution in [-0.2, 0) is 4.79 Å². The summed E-state index contributed by atoms with van der Waals surface area (Å²) in [5.41, 5.74) is 2.12. The van der Waals surface area contributed by atoms with E-state index in [2.05, 4.69) is 4.90 Å². The maximum atomic E-state index is 11.8. The third kappa shape index (κ3) is 4.51. The lowest BCUT2D eigenvalue weighted by molar-refractivity contribution is -0.137. The Balaban J connectivity index is 0.00000264. The summed E-state index contributed by atoms with van der Waals surface area (Å²) in [6, 6.07) is 5.55. The zero-order valence-corrected chi connectivity index (χ0v) is 14.4. The summed E-state index contributed by atoms with van der Waals surface area (Å²) in [7, 11) is 3.65. The summed E-state index contributed by atoms with van der Waals surface area (Å²) in [5.74, 6) is -0.0572. The van der Waals surface area contributed by atoms with Crippen LogP contribution in [0, 0.1) is 0 Å². The second kappa shape index (κ2) is 8.06. The number of amides is 1. The van der Waals surface area contributed by atoms with Gasteiger partial charge in [-0.1, -0.05) is 6.07 Å². The number of ether oxygens (including phenoxy) is 1. The first-order valence-electron chi connectivity index (χ1n) is 7.42. The third-order valence-electron chi connectivity index (χ3n) is 4.05. The Kier molecular flexibility index (Phi) is 6.69. The molecule has 1 atom stereocenters. The van der Waals surface area contributed by atoms with Crippen molar-refractivity contribution in [1.82, 2.24) is 4.90 Å². The Bertz CT molecular complexity index is 579. The summed E-state index contributed by atoms with van der Waals surface area (Å²) in [5, 5.41) is 8.83. The van der Waals surface area contributed by atoms with E-state index in [0.29, 0.717) is 18.7 Å². The van der Waals surface area contributed by atoms with E-state index in [-0.39, 0.29) is 30.8 Å². The van der Waals surface area contributed by atoms with Crippen molar-refractivity contribution < 1.29 is 19.4 Å². The number of carbonyl (C=O) groups excluding carboxylic acids is 1. The highest BCUT2D eigenvalue weighted by Gasteiger charge is 2.27. The zero-order valence-electron chi connectivity index (χ0n) is 13.6. The summed E-state index contributed by atoms with van der Waals surface area (Å²) in [6.45, 7) is 3.25. The SMILES string of the molecule is CCN(C)C(=O)Oc1ccc2c(c1)N(C)CC2CCC(=O)O.Cl. The quantitative estimate of drug-likeness (QED) is 0.890. The summed E-state index contributed by atoms with van der Waals surface area (Å²) in [4.78, 5) is 26.1. The Morgan fingerprint density at radius 2 is 2.13 bits per heavy atom. The molecule has 2 rings (SSSR count). The van der Waals surface area contributed by atoms with Gasteiger partial charge < -0.3 is 19.6 Å². The van der Waals surface area contributed by atoms with Gasteiger partial charge in [-0.05, 0) is 25.0 Å². The number of hydrogen-bond acceptors (Lipinski definition) is 4. The van der Waals surface area contributed by atoms with E-state index in [1.807, 2.05) is 26.1 Å². The number of nitrogens with zero attached hydrogens (tertiary/aromatic N) is 2. The van der Waals surface area contributed by atoms with E-state index in [0.717, 1.165) is 17.8 Å². The fraction of sp³-hybridized carbons (Fsp3) is 0.500. The number of halogens is 1. The lowest BCUT2D eigenvalue weighted by Gasteiger charge is -2.16. The number of carbonyl (C=O) groups is 2. The summed E-state index contributed by atoms with van der Waals surface area (Å²) >= 11 is 0. The molecule has 23 heavy (non-hydrogen) atoms. The van der Waals surface area contributed by atoms with E-state index in [9.17, 15) is 9.59 Å². The molecule has 0 saturated carbocycles. The normalized spacial score (nSPS) is 15.6. The molecule has 0 saturated heterocycles. The molecule has 1 unspecified atom stereocenters. The molecule has 1 aromatic rings. The van der Waals surface area contributed by atoms with Crippen molar-refractivity contribution in [1.29, 1.82) is 0 Å². The number of hydrogen-bond donors (Lipinski definition) is 1. The number of likely N-dealkylation sites (N-methyl/N-ethyl adjacent to an activating group) is 1. The van der Waals surface area contributed by atoms with Crippen molar-refractivity contribution in [2.24, 2.45) is 0 Å². The van der Waals surface area contributed by atoms with Crippen molar-refractivity contribution in [2.45, 2.75) is 25.7 Å². The number of rotatable bonds is 5. The average Bonchev–Trinajstić information content (AvgIpc) is 2.80. The molecule has 0 aromatic heterocycles. The second-order valence-corrected chi connectivity index (χ2v) is 5.61. The lowest BCUT2D eigenvalue weighted by Crippen LogP contribution is -2.29. The molecule has 6 nitrogen and oxygen atoms in total. The first-order chi connectivity index (χ1) is 10.4. The highest BCUT2D eigenvalue weighted by Crippen LogP contribution is 2.39. The van der Waals surface area contributed by atoms with Gasteiger partial charge in [-0.3, -0.25) is 4.79 Å². The maximum Gasteiger partial charge on any atom is 0.414 e. The van der Waals surface area contributed by atoms with Gasteiger partial charge in [-0.2, -0.15) is 0 Å². The molecule has 1 amide bonds. The zero-order chi connectivity index (χ0) is 16.3. The van der Waals surface area contributed by atoms with E-state index in [4.69, 9.17) is 9.84 Å². The van der Waals surface area contributed by atoms with Gasteiger partial charge >= 0.3 is 12.1 Å². The van der Waals surface area contributed by atoms with Crippen LogP contribution in [0.1, 0.15) is 31.2 Å². The van der Waals surface area contributed by atoms with Gasteiger partial charge in [0.2, 0.25) is 0 Å². The van der Waals surface area contributed by atoms with Crippen molar-refractivity contribution in [2.75, 3.05) is 32.1 Å². The molecule has 0 bridgehead atoms. The first-order valence-corrected chi connectivity index (χ1v) is 7.42. The van der Waals surface area contributed by atoms with Crippen molar-refractivity contribution in [3.63, 3.8) is 0 Å². The highest BCUT2D eigenvalue weighted by molar-refractivity contribution is 5.85. The average molecular weight is 343 g/mol. The van der Waals surface area contributed by atoms with Crippen LogP contribution in [0.15, 0.2) is 18.2 Å². The molecule has 1 heterocycles. The predicted molar refractivity (Wildman–Crippen MR) is 90.9 cm³/mol. The minimum absolute atomic E-state index is 0. The van der Waals surface area contributed by atoms with Crippen LogP contribution >= 0.6 is 12.4 Å². The predicted octanol–water partition coefficient (Wildman–Crippen LogP) is 2.96. The standard InChI is InChI=1S/C16H22N2O4.ClH/c1-4-17(2)16(21)22-12-6-7-13-11(5-8-15(19)20)10-18(3)14(13)9-12;/h6-7,9,11H,4-5,8,10H2,1-3H3,(H,19,20);1H. The van der Waals surface area contributed by atoms with Crippen LogP contribution in [0.4, 0.5) is 10.5 Å². The molecule has 1 aliphatic heterocycles. The van der Waals surface area contributed by atoms with Gasteiger partial charge in [-0.25, -0.2) is 4.79 Å². The molecule has 7 heteroatoms. The van der Waals surface area contributed by atoms with E-state index < -0.39 is 5.97 Å². The van der Waals surface area contributed by atoms with Crippen LogP contribution in [-0.4, -0.2) is 49.3 Å². The van der Waals surface area contributed by atoms with Gasteiger partial charge in [0.1, 0.15) is 5.75 Å². The number of carboxylic acids is 1. The molecule has 1 aromatic carbocycles. The highest BCUT2D eigenvalue weighted by atomic mass is 35.5. The van der Waals surface area contributed by atoms with Crippen LogP contribution in [0.5, 0.6) is 5.75 Å². The van der Waals surface area contributed by atoms with E-state index in [1.54, 1.807) is 13.1 Å². The molecule has 128 valence electrons. The van der Waals surface area contributed by atoms with E-state index in [1.165, 1.54) is 4.90 Å². The number of fused-ring (bicyclic) bond motifs is 1. The topological polar surface area (TPSA) is 70.1 Å². The van der Waals surface area contributed by atoms with Crippen molar-refractivity contribution >= 4 is 30.2 Å².